The molecule has 2 nitrogen and oxygen atoms in total. The summed E-state index contributed by atoms with van der Waals surface area (Å²) >= 11 is 11.4. The number of rotatable bonds is 5. The summed E-state index contributed by atoms with van der Waals surface area (Å²) in [5.41, 5.74) is 1.51. The molecule has 0 aliphatic carbocycles. The van der Waals surface area contributed by atoms with Gasteiger partial charge in [-0.05, 0) is 59.0 Å². The Balaban J connectivity index is 2.16. The van der Waals surface area contributed by atoms with Gasteiger partial charge in [-0.25, -0.2) is 0 Å². The fourth-order valence-electron chi connectivity index (χ4n) is 1.72. The van der Waals surface area contributed by atoms with Crippen molar-refractivity contribution in [2.75, 3.05) is 5.32 Å². The van der Waals surface area contributed by atoms with Crippen LogP contribution in [0.25, 0.3) is 0 Å². The Morgan fingerprint density at radius 3 is 2.67 bits per heavy atom. The Morgan fingerprint density at radius 1 is 1.24 bits per heavy atom. The normalized spacial score (nSPS) is 10.8. The average molecular weight is 488 g/mol. The number of hydrogen-bond donors (Lipinski definition) is 1. The number of alkyl halides is 2. The summed E-state index contributed by atoms with van der Waals surface area (Å²) in [5.74, 6) is 0.157. The van der Waals surface area contributed by atoms with Crippen molar-refractivity contribution in [3.8, 4) is 5.75 Å². The van der Waals surface area contributed by atoms with Crippen LogP contribution in [0.1, 0.15) is 5.56 Å². The van der Waals surface area contributed by atoms with Crippen LogP contribution >= 0.6 is 50.1 Å². The van der Waals surface area contributed by atoms with Gasteiger partial charge in [0, 0.05) is 30.9 Å². The lowest BCUT2D eigenvalue weighted by Crippen LogP contribution is -2.07. The maximum atomic E-state index is 12.4. The van der Waals surface area contributed by atoms with Crippen LogP contribution in [0.15, 0.2) is 40.9 Å². The predicted molar refractivity (Wildman–Crippen MR) is 92.3 cm³/mol. The maximum absolute atomic E-state index is 12.4. The zero-order chi connectivity index (χ0) is 15.4. The molecule has 0 aromatic heterocycles. The van der Waals surface area contributed by atoms with Gasteiger partial charge in [-0.15, -0.1) is 0 Å². The van der Waals surface area contributed by atoms with Crippen molar-refractivity contribution in [2.24, 2.45) is 0 Å². The second-order valence-corrected chi connectivity index (χ2v) is 6.62. The fraction of sp³-hybridized carbons (Fsp3) is 0.143. The van der Waals surface area contributed by atoms with E-state index in [1.54, 1.807) is 18.2 Å². The van der Waals surface area contributed by atoms with Gasteiger partial charge in [0.1, 0.15) is 5.75 Å². The van der Waals surface area contributed by atoms with Crippen LogP contribution in [-0.4, -0.2) is 6.61 Å². The summed E-state index contributed by atoms with van der Waals surface area (Å²) in [7, 11) is 0. The summed E-state index contributed by atoms with van der Waals surface area (Å²) in [6.07, 6.45) is 0. The number of halogens is 5. The van der Waals surface area contributed by atoms with Crippen LogP contribution in [0, 0.1) is 3.57 Å². The molecule has 2 aromatic rings. The Kier molecular flexibility index (Phi) is 6.07. The van der Waals surface area contributed by atoms with Crippen molar-refractivity contribution in [3.63, 3.8) is 0 Å². The van der Waals surface area contributed by atoms with Crippen molar-refractivity contribution in [3.05, 3.63) is 55.0 Å². The molecular weight excluding hydrogens is 478 g/mol. The molecule has 7 heteroatoms. The number of benzene rings is 2. The summed E-state index contributed by atoms with van der Waals surface area (Å²) in [5, 5.41) is 3.83. The van der Waals surface area contributed by atoms with Gasteiger partial charge < -0.3 is 10.1 Å². The largest absolute Gasteiger partial charge is 0.434 e. The molecule has 2 rings (SSSR count). The van der Waals surface area contributed by atoms with Crippen LogP contribution in [-0.2, 0) is 6.54 Å². The lowest BCUT2D eigenvalue weighted by atomic mass is 10.2. The molecule has 0 fully saturated rings. The predicted octanol–water partition coefficient (Wildman–Crippen LogP) is 5.92. The molecule has 2 aromatic carbocycles. The second-order valence-electron chi connectivity index (χ2n) is 4.11. The average Bonchev–Trinajstić information content (AvgIpc) is 2.40. The topological polar surface area (TPSA) is 21.3 Å². The second kappa shape index (κ2) is 7.60. The Labute approximate surface area is 148 Å². The van der Waals surface area contributed by atoms with E-state index in [-0.39, 0.29) is 5.75 Å². The third-order valence-electron chi connectivity index (χ3n) is 2.64. The molecule has 0 saturated carbocycles. The van der Waals surface area contributed by atoms with Crippen molar-refractivity contribution >= 4 is 55.8 Å². The number of hydrogen-bond acceptors (Lipinski definition) is 2. The Morgan fingerprint density at radius 2 is 2.00 bits per heavy atom. The molecule has 0 atom stereocenters. The van der Waals surface area contributed by atoms with E-state index in [0.29, 0.717) is 17.1 Å². The Bertz CT molecular complexity index is 642. The van der Waals surface area contributed by atoms with Crippen molar-refractivity contribution in [1.29, 1.82) is 0 Å². The zero-order valence-electron chi connectivity index (χ0n) is 10.5. The molecular formula is C14H10BrClF2INO. The highest BCUT2D eigenvalue weighted by molar-refractivity contribution is 14.1. The first-order chi connectivity index (χ1) is 9.95. The summed E-state index contributed by atoms with van der Waals surface area (Å²) in [6, 6.07) is 10.3. The minimum Gasteiger partial charge on any atom is -0.434 e. The van der Waals surface area contributed by atoms with Crippen LogP contribution < -0.4 is 10.1 Å². The van der Waals surface area contributed by atoms with Gasteiger partial charge in [0.05, 0.1) is 0 Å². The number of nitrogens with one attached hydrogen (secondary N) is 1. The van der Waals surface area contributed by atoms with E-state index < -0.39 is 6.61 Å². The molecule has 0 spiro atoms. The molecule has 0 saturated heterocycles. The molecule has 0 radical (unpaired) electrons. The van der Waals surface area contributed by atoms with E-state index in [1.165, 1.54) is 6.07 Å². The highest BCUT2D eigenvalue weighted by atomic mass is 127. The molecule has 0 unspecified atom stereocenters. The zero-order valence-corrected chi connectivity index (χ0v) is 15.0. The summed E-state index contributed by atoms with van der Waals surface area (Å²) in [4.78, 5) is 0. The first-order valence-corrected chi connectivity index (χ1v) is 8.13. The molecule has 21 heavy (non-hydrogen) atoms. The summed E-state index contributed by atoms with van der Waals surface area (Å²) < 4.78 is 31.1. The van der Waals surface area contributed by atoms with Crippen LogP contribution in [0.2, 0.25) is 5.02 Å². The minimum absolute atomic E-state index is 0.157. The highest BCUT2D eigenvalue weighted by Gasteiger charge is 2.10. The standard InChI is InChI=1S/C14H10BrClF2INO/c15-9-1-4-13(21-14(17)18)8(5-9)7-20-12-3-2-10(16)6-11(12)19/h1-6,14,20H,7H2. The molecule has 0 amide bonds. The van der Waals surface area contributed by atoms with E-state index in [9.17, 15) is 8.78 Å². The first-order valence-electron chi connectivity index (χ1n) is 5.88. The Hall–Kier alpha value is -0.600. The monoisotopic (exact) mass is 487 g/mol. The van der Waals surface area contributed by atoms with Gasteiger partial charge in [-0.1, -0.05) is 27.5 Å². The molecule has 0 aliphatic rings. The van der Waals surface area contributed by atoms with E-state index in [4.69, 9.17) is 11.6 Å². The van der Waals surface area contributed by atoms with Crippen LogP contribution in [0.5, 0.6) is 5.75 Å². The molecule has 1 N–H and O–H groups in total. The smallest absolute Gasteiger partial charge is 0.387 e. The molecule has 0 heterocycles. The van der Waals surface area contributed by atoms with Gasteiger partial charge >= 0.3 is 6.61 Å². The van der Waals surface area contributed by atoms with Gasteiger partial charge in [0.15, 0.2) is 0 Å². The third-order valence-corrected chi connectivity index (χ3v) is 4.26. The number of anilines is 1. The fourth-order valence-corrected chi connectivity index (χ4v) is 3.19. The first kappa shape index (κ1) is 16.8. The van der Waals surface area contributed by atoms with Gasteiger partial charge in [-0.2, -0.15) is 8.78 Å². The van der Waals surface area contributed by atoms with Crippen molar-refractivity contribution in [2.45, 2.75) is 13.2 Å². The summed E-state index contributed by atoms with van der Waals surface area (Å²) in [6.45, 7) is -2.49. The molecule has 112 valence electrons. The molecule has 0 aliphatic heterocycles. The van der Waals surface area contributed by atoms with Crippen LogP contribution in [0.3, 0.4) is 0 Å². The van der Waals surface area contributed by atoms with E-state index in [2.05, 4.69) is 48.6 Å². The lowest BCUT2D eigenvalue weighted by Gasteiger charge is -2.13. The van der Waals surface area contributed by atoms with Crippen LogP contribution in [0.4, 0.5) is 14.5 Å². The molecule has 0 bridgehead atoms. The van der Waals surface area contributed by atoms with Crippen molar-refractivity contribution < 1.29 is 13.5 Å². The SMILES string of the molecule is FC(F)Oc1ccc(Br)cc1CNc1ccc(Cl)cc1I. The van der Waals surface area contributed by atoms with Crippen molar-refractivity contribution in [1.82, 2.24) is 0 Å². The number of ether oxygens (including phenoxy) is 1. The maximum Gasteiger partial charge on any atom is 0.387 e. The third kappa shape index (κ3) is 4.96. The quantitative estimate of drug-likeness (QED) is 0.528. The lowest BCUT2D eigenvalue weighted by molar-refractivity contribution is -0.0504. The van der Waals surface area contributed by atoms with E-state index in [1.807, 2.05) is 12.1 Å². The highest BCUT2D eigenvalue weighted by Crippen LogP contribution is 2.27. The van der Waals surface area contributed by atoms with Gasteiger partial charge in [0.2, 0.25) is 0 Å². The van der Waals surface area contributed by atoms with Gasteiger partial charge in [0.25, 0.3) is 0 Å². The van der Waals surface area contributed by atoms with Gasteiger partial charge in [-0.3, -0.25) is 0 Å². The minimum atomic E-state index is -2.85. The van der Waals surface area contributed by atoms with E-state index in [0.717, 1.165) is 13.7 Å². The van der Waals surface area contributed by atoms with E-state index >= 15 is 0 Å².